The summed E-state index contributed by atoms with van der Waals surface area (Å²) in [6.45, 7) is 11.5. The van der Waals surface area contributed by atoms with Crippen molar-refractivity contribution >= 4 is 17.6 Å². The van der Waals surface area contributed by atoms with E-state index in [1.54, 1.807) is 4.90 Å². The lowest BCUT2D eigenvalue weighted by Gasteiger charge is -2.38. The quantitative estimate of drug-likeness (QED) is 0.520. The molecule has 3 N–H and O–H groups in total. The van der Waals surface area contributed by atoms with Crippen LogP contribution in [0.2, 0.25) is 0 Å². The molecular formula is C26H43N5O. The molecule has 6 heteroatoms. The van der Waals surface area contributed by atoms with E-state index < -0.39 is 5.54 Å². The Morgan fingerprint density at radius 1 is 1.16 bits per heavy atom. The standard InChI is InChI=1S/C26H43N5O/c1-5-7-15-26(16-8-6-2)24(32)31(25(27)29-26)19-22-13-17-30(18-14-22)21(4)28-23-12-10-9-11-20(23)3/h9-12,21-22,28H,5-8,13-19H2,1-4H3,(H2,27,29). The van der Waals surface area contributed by atoms with Crippen molar-refractivity contribution in [2.75, 3.05) is 25.0 Å². The van der Waals surface area contributed by atoms with Crippen LogP contribution in [0, 0.1) is 12.8 Å². The van der Waals surface area contributed by atoms with E-state index in [4.69, 9.17) is 10.7 Å². The van der Waals surface area contributed by atoms with Crippen molar-refractivity contribution in [1.29, 1.82) is 0 Å². The first-order chi connectivity index (χ1) is 15.4. The van der Waals surface area contributed by atoms with Crippen molar-refractivity contribution in [2.24, 2.45) is 16.6 Å². The third-order valence-electron chi connectivity index (χ3n) is 7.28. The summed E-state index contributed by atoms with van der Waals surface area (Å²) in [5.74, 6) is 1.07. The van der Waals surface area contributed by atoms with Crippen LogP contribution in [0.15, 0.2) is 29.3 Å². The summed E-state index contributed by atoms with van der Waals surface area (Å²) >= 11 is 0. The van der Waals surface area contributed by atoms with Crippen molar-refractivity contribution in [3.05, 3.63) is 29.8 Å². The molecule has 1 atom stereocenters. The molecule has 1 saturated heterocycles. The van der Waals surface area contributed by atoms with Crippen LogP contribution >= 0.6 is 0 Å². The van der Waals surface area contributed by atoms with E-state index in [0.717, 1.165) is 64.5 Å². The highest BCUT2D eigenvalue weighted by atomic mass is 16.2. The van der Waals surface area contributed by atoms with Gasteiger partial charge in [-0.15, -0.1) is 0 Å². The molecule has 1 fully saturated rings. The summed E-state index contributed by atoms with van der Waals surface area (Å²) in [4.78, 5) is 22.5. The van der Waals surface area contributed by atoms with Gasteiger partial charge in [-0.25, -0.2) is 4.99 Å². The molecule has 0 bridgehead atoms. The SMILES string of the molecule is CCCCC1(CCCC)N=C(N)N(CC2CCN(C(C)Nc3ccccc3C)CC2)C1=O. The first-order valence-electron chi connectivity index (χ1n) is 12.6. The van der Waals surface area contributed by atoms with Crippen LogP contribution in [0.5, 0.6) is 0 Å². The van der Waals surface area contributed by atoms with Gasteiger partial charge in [0.05, 0.1) is 6.17 Å². The zero-order valence-corrected chi connectivity index (χ0v) is 20.6. The molecule has 1 amide bonds. The van der Waals surface area contributed by atoms with Crippen LogP contribution in [-0.2, 0) is 4.79 Å². The maximum Gasteiger partial charge on any atom is 0.257 e. The first-order valence-corrected chi connectivity index (χ1v) is 12.6. The number of nitrogens with one attached hydrogen (secondary N) is 1. The highest BCUT2D eigenvalue weighted by Crippen LogP contribution is 2.34. The Morgan fingerprint density at radius 3 is 2.38 bits per heavy atom. The number of carbonyl (C=O) groups is 1. The number of carbonyl (C=O) groups excluding carboxylic acids is 1. The fourth-order valence-electron chi connectivity index (χ4n) is 5.08. The lowest BCUT2D eigenvalue weighted by molar-refractivity contribution is -0.132. The zero-order chi connectivity index (χ0) is 23.1. The fourth-order valence-corrected chi connectivity index (χ4v) is 5.08. The number of benzene rings is 1. The molecule has 178 valence electrons. The Bertz CT molecular complexity index is 776. The van der Waals surface area contributed by atoms with Crippen LogP contribution < -0.4 is 11.1 Å². The van der Waals surface area contributed by atoms with E-state index in [0.29, 0.717) is 18.4 Å². The number of anilines is 1. The second kappa shape index (κ2) is 11.2. The van der Waals surface area contributed by atoms with Gasteiger partial charge >= 0.3 is 0 Å². The van der Waals surface area contributed by atoms with E-state index in [1.807, 2.05) is 0 Å². The zero-order valence-electron chi connectivity index (χ0n) is 20.6. The average molecular weight is 442 g/mol. The third-order valence-corrected chi connectivity index (χ3v) is 7.28. The molecule has 0 spiro atoms. The number of nitrogens with two attached hydrogens (primary N) is 1. The number of guanidine groups is 1. The molecule has 0 radical (unpaired) electrons. The Kier molecular flexibility index (Phi) is 8.57. The normalized spacial score (nSPS) is 20.4. The molecule has 0 saturated carbocycles. The van der Waals surface area contributed by atoms with Crippen LogP contribution in [0.4, 0.5) is 5.69 Å². The van der Waals surface area contributed by atoms with Crippen LogP contribution in [-0.4, -0.2) is 53.0 Å². The molecule has 6 nitrogen and oxygen atoms in total. The Labute approximate surface area is 194 Å². The van der Waals surface area contributed by atoms with Crippen LogP contribution in [0.1, 0.15) is 77.7 Å². The number of aliphatic imine (C=N–C) groups is 1. The summed E-state index contributed by atoms with van der Waals surface area (Å²) in [5.41, 5.74) is 8.18. The van der Waals surface area contributed by atoms with Gasteiger partial charge in [0.2, 0.25) is 0 Å². The molecule has 0 aromatic heterocycles. The molecule has 0 aliphatic carbocycles. The van der Waals surface area contributed by atoms with E-state index in [1.165, 1.54) is 11.3 Å². The van der Waals surface area contributed by atoms with E-state index in [-0.39, 0.29) is 12.1 Å². The number of likely N-dealkylation sites (tertiary alicyclic amines) is 1. The van der Waals surface area contributed by atoms with Gasteiger partial charge < -0.3 is 11.1 Å². The maximum atomic E-state index is 13.4. The third kappa shape index (κ3) is 5.64. The van der Waals surface area contributed by atoms with Crippen molar-refractivity contribution in [1.82, 2.24) is 9.80 Å². The van der Waals surface area contributed by atoms with Gasteiger partial charge in [-0.1, -0.05) is 57.7 Å². The Morgan fingerprint density at radius 2 is 1.78 bits per heavy atom. The van der Waals surface area contributed by atoms with Crippen molar-refractivity contribution in [2.45, 2.75) is 90.8 Å². The van der Waals surface area contributed by atoms with Crippen LogP contribution in [0.25, 0.3) is 0 Å². The number of para-hydroxylation sites is 1. The maximum absolute atomic E-state index is 13.4. The monoisotopic (exact) mass is 441 g/mol. The minimum atomic E-state index is -0.608. The first kappa shape index (κ1) is 24.6. The molecule has 2 aliphatic heterocycles. The predicted octanol–water partition coefficient (Wildman–Crippen LogP) is 4.74. The molecule has 3 rings (SSSR count). The smallest absolute Gasteiger partial charge is 0.257 e. The van der Waals surface area contributed by atoms with Gasteiger partial charge in [-0.05, 0) is 57.1 Å². The van der Waals surface area contributed by atoms with Gasteiger partial charge in [-0.2, -0.15) is 0 Å². The minimum Gasteiger partial charge on any atom is -0.370 e. The van der Waals surface area contributed by atoms with Gasteiger partial charge in [-0.3, -0.25) is 14.6 Å². The summed E-state index contributed by atoms with van der Waals surface area (Å²) in [5, 5.41) is 3.65. The highest BCUT2D eigenvalue weighted by Gasteiger charge is 2.47. The molecule has 2 heterocycles. The highest BCUT2D eigenvalue weighted by molar-refractivity contribution is 6.06. The summed E-state index contributed by atoms with van der Waals surface area (Å²) in [6.07, 6.45) is 8.26. The fraction of sp³-hybridized carbons (Fsp3) is 0.692. The molecule has 1 aromatic rings. The molecule has 1 unspecified atom stereocenters. The second-order valence-corrected chi connectivity index (χ2v) is 9.74. The molecule has 1 aromatic carbocycles. The number of hydrogen-bond donors (Lipinski definition) is 2. The van der Waals surface area contributed by atoms with Crippen molar-refractivity contribution in [3.63, 3.8) is 0 Å². The van der Waals surface area contributed by atoms with E-state index >= 15 is 0 Å². The number of piperidine rings is 1. The summed E-state index contributed by atoms with van der Waals surface area (Å²) in [6, 6.07) is 8.43. The lowest BCUT2D eigenvalue weighted by Crippen LogP contribution is -2.49. The molecule has 2 aliphatic rings. The Balaban J connectivity index is 1.54. The average Bonchev–Trinajstić information content (AvgIpc) is 3.02. The van der Waals surface area contributed by atoms with E-state index in [9.17, 15) is 4.79 Å². The number of rotatable bonds is 11. The number of aryl methyl sites for hydroxylation is 1. The largest absolute Gasteiger partial charge is 0.370 e. The summed E-state index contributed by atoms with van der Waals surface area (Å²) < 4.78 is 0. The van der Waals surface area contributed by atoms with Crippen LogP contribution in [0.3, 0.4) is 0 Å². The number of hydrogen-bond acceptors (Lipinski definition) is 5. The predicted molar refractivity (Wildman–Crippen MR) is 134 cm³/mol. The summed E-state index contributed by atoms with van der Waals surface area (Å²) in [7, 11) is 0. The van der Waals surface area contributed by atoms with E-state index in [2.05, 4.69) is 62.2 Å². The van der Waals surface area contributed by atoms with Gasteiger partial charge in [0.15, 0.2) is 5.96 Å². The van der Waals surface area contributed by atoms with Crippen molar-refractivity contribution in [3.8, 4) is 0 Å². The number of nitrogens with zero attached hydrogens (tertiary/aromatic N) is 3. The Hall–Kier alpha value is -2.08. The second-order valence-electron chi connectivity index (χ2n) is 9.74. The van der Waals surface area contributed by atoms with Gasteiger partial charge in [0, 0.05) is 25.3 Å². The number of unbranched alkanes of at least 4 members (excludes halogenated alkanes) is 2. The van der Waals surface area contributed by atoms with Gasteiger partial charge in [0.1, 0.15) is 5.54 Å². The molecule has 32 heavy (non-hydrogen) atoms. The molecular weight excluding hydrogens is 398 g/mol. The lowest BCUT2D eigenvalue weighted by atomic mass is 9.87. The topological polar surface area (TPSA) is 74.0 Å². The number of amides is 1. The minimum absolute atomic E-state index is 0.147. The van der Waals surface area contributed by atoms with Gasteiger partial charge in [0.25, 0.3) is 5.91 Å². The van der Waals surface area contributed by atoms with Crippen molar-refractivity contribution < 1.29 is 4.79 Å².